The highest BCUT2D eigenvalue weighted by Crippen LogP contribution is 2.34. The van der Waals surface area contributed by atoms with Crippen molar-refractivity contribution in [2.75, 3.05) is 5.32 Å². The molecule has 0 atom stereocenters. The van der Waals surface area contributed by atoms with Gasteiger partial charge in [-0.25, -0.2) is 4.98 Å². The Morgan fingerprint density at radius 1 is 0.931 bits per heavy atom. The Labute approximate surface area is 169 Å². The van der Waals surface area contributed by atoms with Crippen LogP contribution in [-0.4, -0.2) is 10.9 Å². The highest BCUT2D eigenvalue weighted by molar-refractivity contribution is 7.21. The summed E-state index contributed by atoms with van der Waals surface area (Å²) in [5.41, 5.74) is 2.45. The highest BCUT2D eigenvalue weighted by Gasteiger charge is 2.16. The molecule has 5 nitrogen and oxygen atoms in total. The van der Waals surface area contributed by atoms with Crippen LogP contribution in [0.15, 0.2) is 88.1 Å². The maximum absolute atomic E-state index is 12.8. The van der Waals surface area contributed by atoms with Crippen LogP contribution in [0.4, 0.5) is 5.69 Å². The first-order valence-electron chi connectivity index (χ1n) is 8.98. The Morgan fingerprint density at radius 2 is 1.69 bits per heavy atom. The Balaban J connectivity index is 1.53. The molecule has 140 valence electrons. The zero-order chi connectivity index (χ0) is 19.8. The number of carbonyl (C=O) groups is 1. The summed E-state index contributed by atoms with van der Waals surface area (Å²) in [5, 5.41) is 4.11. The molecule has 0 radical (unpaired) electrons. The van der Waals surface area contributed by atoms with Crippen molar-refractivity contribution >= 4 is 44.1 Å². The van der Waals surface area contributed by atoms with Gasteiger partial charge in [0.25, 0.3) is 5.91 Å². The van der Waals surface area contributed by atoms with E-state index in [1.165, 1.54) is 6.07 Å². The number of nitrogens with one attached hydrogen (secondary N) is 1. The molecular weight excluding hydrogens is 384 g/mol. The second-order valence-corrected chi connectivity index (χ2v) is 7.49. The predicted octanol–water partition coefficient (Wildman–Crippen LogP) is 5.32. The lowest BCUT2D eigenvalue weighted by molar-refractivity contribution is 0.0997. The van der Waals surface area contributed by atoms with Crippen LogP contribution >= 0.6 is 11.3 Å². The number of carbonyl (C=O) groups excluding carboxylic acids is 1. The van der Waals surface area contributed by atoms with E-state index in [2.05, 4.69) is 10.3 Å². The lowest BCUT2D eigenvalue weighted by Crippen LogP contribution is -2.15. The number of para-hydroxylation sites is 3. The van der Waals surface area contributed by atoms with Gasteiger partial charge >= 0.3 is 0 Å². The standard InChI is InChI=1S/C23H14N2O3S/c26-18-13-20(28-19-11-5-2-8-15(18)19)22(27)24-16-9-3-1-7-14(16)23-25-17-10-4-6-12-21(17)29-23/h1-13H,(H,24,27). The molecule has 0 unspecified atom stereocenters. The Hall–Kier alpha value is -3.77. The lowest BCUT2D eigenvalue weighted by Gasteiger charge is -2.09. The molecule has 0 fully saturated rings. The van der Waals surface area contributed by atoms with Crippen molar-refractivity contribution in [2.24, 2.45) is 0 Å². The number of hydrogen-bond acceptors (Lipinski definition) is 5. The molecule has 0 aliphatic heterocycles. The molecule has 1 N–H and O–H groups in total. The van der Waals surface area contributed by atoms with E-state index in [0.717, 1.165) is 20.8 Å². The van der Waals surface area contributed by atoms with Crippen LogP contribution in [0.25, 0.3) is 31.8 Å². The lowest BCUT2D eigenvalue weighted by atomic mass is 10.1. The van der Waals surface area contributed by atoms with Crippen LogP contribution < -0.4 is 10.7 Å². The van der Waals surface area contributed by atoms with Gasteiger partial charge < -0.3 is 9.73 Å². The van der Waals surface area contributed by atoms with Gasteiger partial charge in [-0.05, 0) is 36.4 Å². The van der Waals surface area contributed by atoms with Crippen molar-refractivity contribution in [3.8, 4) is 10.6 Å². The summed E-state index contributed by atoms with van der Waals surface area (Å²) in [6.07, 6.45) is 0. The minimum atomic E-state index is -0.485. The van der Waals surface area contributed by atoms with Crippen molar-refractivity contribution in [1.82, 2.24) is 4.98 Å². The monoisotopic (exact) mass is 398 g/mol. The van der Waals surface area contributed by atoms with E-state index < -0.39 is 5.91 Å². The van der Waals surface area contributed by atoms with Gasteiger partial charge in [0.2, 0.25) is 0 Å². The SMILES string of the molecule is O=C(Nc1ccccc1-c1nc2ccccc2s1)c1cc(=O)c2ccccc2o1. The minimum Gasteiger partial charge on any atom is -0.451 e. The maximum Gasteiger partial charge on any atom is 0.291 e. The average Bonchev–Trinajstić information content (AvgIpc) is 3.18. The number of nitrogens with zero attached hydrogens (tertiary/aromatic N) is 1. The van der Waals surface area contributed by atoms with Gasteiger partial charge in [-0.15, -0.1) is 11.3 Å². The molecule has 6 heteroatoms. The van der Waals surface area contributed by atoms with Crippen LogP contribution in [-0.2, 0) is 0 Å². The largest absolute Gasteiger partial charge is 0.451 e. The average molecular weight is 398 g/mol. The van der Waals surface area contributed by atoms with Crippen molar-refractivity contribution in [1.29, 1.82) is 0 Å². The van der Waals surface area contributed by atoms with Gasteiger partial charge in [0.05, 0.1) is 21.3 Å². The maximum atomic E-state index is 12.8. The number of aromatic nitrogens is 1. The van der Waals surface area contributed by atoms with Crippen LogP contribution in [0.1, 0.15) is 10.6 Å². The molecular formula is C23H14N2O3S. The third-order valence-corrected chi connectivity index (χ3v) is 5.63. The zero-order valence-corrected chi connectivity index (χ0v) is 15.9. The summed E-state index contributed by atoms with van der Waals surface area (Å²) in [7, 11) is 0. The van der Waals surface area contributed by atoms with Gasteiger partial charge in [0, 0.05) is 11.6 Å². The first-order chi connectivity index (χ1) is 14.2. The van der Waals surface area contributed by atoms with Gasteiger partial charge in [-0.1, -0.05) is 36.4 Å². The summed E-state index contributed by atoms with van der Waals surface area (Å²) < 4.78 is 6.72. The summed E-state index contributed by atoms with van der Waals surface area (Å²) in [4.78, 5) is 29.8. The van der Waals surface area contributed by atoms with E-state index in [9.17, 15) is 9.59 Å². The summed E-state index contributed by atoms with van der Waals surface area (Å²) in [5.74, 6) is -0.519. The van der Waals surface area contributed by atoms with Gasteiger partial charge in [-0.3, -0.25) is 9.59 Å². The fourth-order valence-corrected chi connectivity index (χ4v) is 4.17. The fourth-order valence-electron chi connectivity index (χ4n) is 3.17. The number of hydrogen-bond donors (Lipinski definition) is 1. The van der Waals surface area contributed by atoms with Crippen molar-refractivity contribution in [3.63, 3.8) is 0 Å². The van der Waals surface area contributed by atoms with Gasteiger partial charge in [0.1, 0.15) is 10.6 Å². The van der Waals surface area contributed by atoms with Crippen LogP contribution in [0.5, 0.6) is 0 Å². The molecule has 0 aliphatic rings. The Bertz CT molecular complexity index is 1400. The molecule has 0 saturated heterocycles. The van der Waals surface area contributed by atoms with E-state index in [1.807, 2.05) is 42.5 Å². The molecule has 0 bridgehead atoms. The van der Waals surface area contributed by atoms with Gasteiger partial charge in [0.15, 0.2) is 11.2 Å². The second kappa shape index (κ2) is 7.00. The first kappa shape index (κ1) is 17.3. The molecule has 5 rings (SSSR count). The van der Waals surface area contributed by atoms with E-state index in [1.54, 1.807) is 41.7 Å². The third kappa shape index (κ3) is 3.19. The van der Waals surface area contributed by atoms with Gasteiger partial charge in [-0.2, -0.15) is 0 Å². The number of benzene rings is 3. The number of thiazole rings is 1. The normalized spacial score (nSPS) is 11.0. The highest BCUT2D eigenvalue weighted by atomic mass is 32.1. The first-order valence-corrected chi connectivity index (χ1v) is 9.80. The third-order valence-electron chi connectivity index (χ3n) is 4.56. The molecule has 5 aromatic rings. The summed E-state index contributed by atoms with van der Waals surface area (Å²) in [6, 6.07) is 23.4. The minimum absolute atomic E-state index is 0.0344. The van der Waals surface area contributed by atoms with Crippen LogP contribution in [0, 0.1) is 0 Å². The molecule has 0 aliphatic carbocycles. The quantitative estimate of drug-likeness (QED) is 0.446. The number of anilines is 1. The van der Waals surface area contributed by atoms with E-state index >= 15 is 0 Å². The zero-order valence-electron chi connectivity index (χ0n) is 15.1. The van der Waals surface area contributed by atoms with Crippen molar-refractivity contribution < 1.29 is 9.21 Å². The van der Waals surface area contributed by atoms with Crippen LogP contribution in [0.2, 0.25) is 0 Å². The van der Waals surface area contributed by atoms with Crippen molar-refractivity contribution in [3.05, 3.63) is 94.8 Å². The summed E-state index contributed by atoms with van der Waals surface area (Å²) in [6.45, 7) is 0. The molecule has 2 heterocycles. The summed E-state index contributed by atoms with van der Waals surface area (Å²) >= 11 is 1.56. The molecule has 2 aromatic heterocycles. The van der Waals surface area contributed by atoms with Crippen molar-refractivity contribution in [2.45, 2.75) is 0 Å². The fraction of sp³-hybridized carbons (Fsp3) is 0. The van der Waals surface area contributed by atoms with E-state index in [-0.39, 0.29) is 11.2 Å². The topological polar surface area (TPSA) is 72.2 Å². The molecule has 0 spiro atoms. The number of amides is 1. The number of fused-ring (bicyclic) bond motifs is 2. The Kier molecular flexibility index (Phi) is 4.18. The van der Waals surface area contributed by atoms with E-state index in [4.69, 9.17) is 4.42 Å². The molecule has 1 amide bonds. The Morgan fingerprint density at radius 3 is 2.59 bits per heavy atom. The molecule has 3 aromatic carbocycles. The van der Waals surface area contributed by atoms with E-state index in [0.29, 0.717) is 16.7 Å². The second-order valence-electron chi connectivity index (χ2n) is 6.46. The molecule has 0 saturated carbocycles. The number of rotatable bonds is 3. The predicted molar refractivity (Wildman–Crippen MR) is 115 cm³/mol. The van der Waals surface area contributed by atoms with Crippen LogP contribution in [0.3, 0.4) is 0 Å². The molecule has 29 heavy (non-hydrogen) atoms. The smallest absolute Gasteiger partial charge is 0.291 e.